The van der Waals surface area contributed by atoms with E-state index in [9.17, 15) is 9.59 Å². The summed E-state index contributed by atoms with van der Waals surface area (Å²) in [6, 6.07) is 8.96. The molecule has 0 aliphatic carbocycles. The zero-order valence-corrected chi connectivity index (χ0v) is 23.8. The van der Waals surface area contributed by atoms with Gasteiger partial charge < -0.3 is 29.1 Å². The van der Waals surface area contributed by atoms with Crippen LogP contribution in [0.3, 0.4) is 0 Å². The Morgan fingerprint density at radius 3 is 2.51 bits per heavy atom. The molecule has 0 saturated carbocycles. The molecule has 0 aliphatic rings. The third-order valence-electron chi connectivity index (χ3n) is 6.10. The van der Waals surface area contributed by atoms with Gasteiger partial charge in [0, 0.05) is 12.4 Å². The van der Waals surface area contributed by atoms with Crippen LogP contribution in [0.4, 0.5) is 4.79 Å². The van der Waals surface area contributed by atoms with Crippen molar-refractivity contribution in [3.8, 4) is 17.3 Å². The maximum absolute atomic E-state index is 12.6. The number of aromatic nitrogens is 4. The fraction of sp³-hybridized carbons (Fsp3) is 0.448. The summed E-state index contributed by atoms with van der Waals surface area (Å²) in [6.45, 7) is 11.2. The standard InChI is InChI=1S/C29H37N5O5/c1-9-10-19(33-28(36)39-29(4,5)6)20-12-11-17-13-22(31-25(17)30-20)26-32-21-14-18(27(35)38-16(2)3)15-23(37-8)24(21)34(26)7/h11-16,19H,9-10H2,1-8H3,(H,30,31)(H,33,36). The molecule has 1 unspecified atom stereocenters. The van der Waals surface area contributed by atoms with E-state index in [-0.39, 0.29) is 12.1 Å². The van der Waals surface area contributed by atoms with Crippen LogP contribution in [0.1, 0.15) is 76.5 Å². The molecule has 0 fully saturated rings. The zero-order chi connectivity index (χ0) is 28.5. The minimum atomic E-state index is -0.587. The first-order chi connectivity index (χ1) is 18.4. The normalized spacial score (nSPS) is 12.6. The maximum Gasteiger partial charge on any atom is 0.408 e. The van der Waals surface area contributed by atoms with Crippen molar-refractivity contribution in [1.82, 2.24) is 24.8 Å². The van der Waals surface area contributed by atoms with Crippen LogP contribution in [0.25, 0.3) is 33.6 Å². The van der Waals surface area contributed by atoms with Gasteiger partial charge in [0.1, 0.15) is 22.5 Å². The number of H-pyrrole nitrogens is 1. The van der Waals surface area contributed by atoms with Gasteiger partial charge in [-0.2, -0.15) is 0 Å². The van der Waals surface area contributed by atoms with Crippen LogP contribution in [-0.4, -0.2) is 50.4 Å². The first kappa shape index (κ1) is 27.9. The molecular weight excluding hydrogens is 498 g/mol. The smallest absolute Gasteiger partial charge is 0.408 e. The molecule has 10 nitrogen and oxygen atoms in total. The molecule has 39 heavy (non-hydrogen) atoms. The number of fused-ring (bicyclic) bond motifs is 2. The lowest BCUT2D eigenvalue weighted by Gasteiger charge is -2.23. The van der Waals surface area contributed by atoms with Crippen molar-refractivity contribution in [2.75, 3.05) is 7.11 Å². The van der Waals surface area contributed by atoms with E-state index in [4.69, 9.17) is 24.2 Å². The lowest BCUT2D eigenvalue weighted by Crippen LogP contribution is -2.35. The lowest BCUT2D eigenvalue weighted by molar-refractivity contribution is 0.0376. The van der Waals surface area contributed by atoms with E-state index in [1.54, 1.807) is 33.1 Å². The number of pyridine rings is 1. The molecule has 3 aromatic heterocycles. The average Bonchev–Trinajstić information content (AvgIpc) is 3.41. The number of benzene rings is 1. The number of nitrogens with zero attached hydrogens (tertiary/aromatic N) is 3. The Morgan fingerprint density at radius 2 is 1.87 bits per heavy atom. The third-order valence-corrected chi connectivity index (χ3v) is 6.10. The highest BCUT2D eigenvalue weighted by molar-refractivity contribution is 5.97. The molecule has 10 heteroatoms. The van der Waals surface area contributed by atoms with Gasteiger partial charge in [0.25, 0.3) is 0 Å². The largest absolute Gasteiger partial charge is 0.494 e. The predicted molar refractivity (Wildman–Crippen MR) is 150 cm³/mol. The molecular formula is C29H37N5O5. The van der Waals surface area contributed by atoms with Crippen LogP contribution in [0.5, 0.6) is 5.75 Å². The van der Waals surface area contributed by atoms with Gasteiger partial charge in [0.15, 0.2) is 5.82 Å². The second kappa shape index (κ2) is 11.0. The molecule has 2 N–H and O–H groups in total. The minimum Gasteiger partial charge on any atom is -0.494 e. The highest BCUT2D eigenvalue weighted by Gasteiger charge is 2.23. The van der Waals surface area contributed by atoms with Crippen molar-refractivity contribution in [2.24, 2.45) is 7.05 Å². The molecule has 1 aromatic carbocycles. The van der Waals surface area contributed by atoms with Crippen LogP contribution in [0.2, 0.25) is 0 Å². The SMILES string of the molecule is CCCC(NC(=O)OC(C)(C)C)c1ccc2cc(-c3nc4cc(C(=O)OC(C)C)cc(OC)c4n3C)[nH]c2n1. The van der Waals surface area contributed by atoms with Crippen molar-refractivity contribution in [2.45, 2.75) is 72.1 Å². The van der Waals surface area contributed by atoms with E-state index in [1.165, 1.54) is 0 Å². The van der Waals surface area contributed by atoms with Gasteiger partial charge in [-0.25, -0.2) is 19.6 Å². The first-order valence-corrected chi connectivity index (χ1v) is 13.1. The number of methoxy groups -OCH3 is 1. The maximum atomic E-state index is 12.6. The fourth-order valence-electron chi connectivity index (χ4n) is 4.47. The molecule has 1 atom stereocenters. The molecule has 0 aliphatic heterocycles. The van der Waals surface area contributed by atoms with Crippen LogP contribution in [0, 0.1) is 0 Å². The van der Waals surface area contributed by atoms with Gasteiger partial charge in [0.05, 0.1) is 41.7 Å². The van der Waals surface area contributed by atoms with Gasteiger partial charge in [-0.05, 0) is 71.4 Å². The number of rotatable bonds is 8. The molecule has 4 rings (SSSR count). The van der Waals surface area contributed by atoms with E-state index in [2.05, 4.69) is 17.2 Å². The van der Waals surface area contributed by atoms with Crippen LogP contribution < -0.4 is 10.1 Å². The molecule has 0 saturated heterocycles. The minimum absolute atomic E-state index is 0.238. The number of amides is 1. The molecule has 1 amide bonds. The Balaban J connectivity index is 1.70. The Hall–Kier alpha value is -4.08. The molecule has 0 spiro atoms. The number of carbonyl (C=O) groups is 2. The molecule has 0 radical (unpaired) electrons. The molecule has 3 heterocycles. The van der Waals surface area contributed by atoms with Crippen LogP contribution >= 0.6 is 0 Å². The van der Waals surface area contributed by atoms with Crippen molar-refractivity contribution in [1.29, 1.82) is 0 Å². The summed E-state index contributed by atoms with van der Waals surface area (Å²) in [5.41, 5.74) is 3.33. The number of carbonyl (C=O) groups excluding carboxylic acids is 2. The van der Waals surface area contributed by atoms with E-state index < -0.39 is 17.7 Å². The summed E-state index contributed by atoms with van der Waals surface area (Å²) in [7, 11) is 3.46. The molecule has 0 bridgehead atoms. The zero-order valence-electron chi connectivity index (χ0n) is 23.8. The number of esters is 1. The number of hydrogen-bond donors (Lipinski definition) is 2. The predicted octanol–water partition coefficient (Wildman–Crippen LogP) is 6.06. The second-order valence-electron chi connectivity index (χ2n) is 10.8. The van der Waals surface area contributed by atoms with Crippen LogP contribution in [-0.2, 0) is 16.5 Å². The number of aromatic amines is 1. The number of alkyl carbamates (subject to hydrolysis) is 1. The Bertz CT molecular complexity index is 1510. The number of nitrogens with one attached hydrogen (secondary N) is 2. The number of imidazole rings is 1. The summed E-state index contributed by atoms with van der Waals surface area (Å²) in [5, 5.41) is 3.86. The van der Waals surface area contributed by atoms with Gasteiger partial charge in [-0.1, -0.05) is 13.3 Å². The van der Waals surface area contributed by atoms with E-state index in [0.29, 0.717) is 28.3 Å². The topological polar surface area (TPSA) is 120 Å². The van der Waals surface area contributed by atoms with Gasteiger partial charge in [-0.3, -0.25) is 0 Å². The van der Waals surface area contributed by atoms with Crippen molar-refractivity contribution < 1.29 is 23.8 Å². The third kappa shape index (κ3) is 6.16. The number of aryl methyl sites for hydroxylation is 1. The Morgan fingerprint density at radius 1 is 1.13 bits per heavy atom. The quantitative estimate of drug-likeness (QED) is 0.263. The molecule has 4 aromatic rings. The van der Waals surface area contributed by atoms with E-state index in [0.717, 1.165) is 35.1 Å². The second-order valence-corrected chi connectivity index (χ2v) is 10.8. The van der Waals surface area contributed by atoms with Crippen molar-refractivity contribution in [3.05, 3.63) is 41.6 Å². The average molecular weight is 536 g/mol. The van der Waals surface area contributed by atoms with Gasteiger partial charge >= 0.3 is 12.1 Å². The van der Waals surface area contributed by atoms with Gasteiger partial charge in [-0.15, -0.1) is 0 Å². The number of hydrogen-bond acceptors (Lipinski definition) is 7. The van der Waals surface area contributed by atoms with E-state index in [1.807, 2.05) is 50.6 Å². The monoisotopic (exact) mass is 535 g/mol. The van der Waals surface area contributed by atoms with Crippen molar-refractivity contribution >= 4 is 34.1 Å². The summed E-state index contributed by atoms with van der Waals surface area (Å²) in [4.78, 5) is 38.0. The van der Waals surface area contributed by atoms with Crippen LogP contribution in [0.15, 0.2) is 30.3 Å². The first-order valence-electron chi connectivity index (χ1n) is 13.1. The summed E-state index contributed by atoms with van der Waals surface area (Å²) in [5.74, 6) is 0.757. The van der Waals surface area contributed by atoms with Gasteiger partial charge in [0.2, 0.25) is 0 Å². The summed E-state index contributed by atoms with van der Waals surface area (Å²) < 4.78 is 18.3. The highest BCUT2D eigenvalue weighted by atomic mass is 16.6. The summed E-state index contributed by atoms with van der Waals surface area (Å²) in [6.07, 6.45) is 0.876. The number of ether oxygens (including phenoxy) is 3. The molecule has 208 valence electrons. The lowest BCUT2D eigenvalue weighted by atomic mass is 10.1. The van der Waals surface area contributed by atoms with Crippen molar-refractivity contribution in [3.63, 3.8) is 0 Å². The Kier molecular flexibility index (Phi) is 7.85. The van der Waals surface area contributed by atoms with E-state index >= 15 is 0 Å². The Labute approximate surface area is 228 Å². The fourth-order valence-corrected chi connectivity index (χ4v) is 4.47. The highest BCUT2D eigenvalue weighted by Crippen LogP contribution is 2.33. The summed E-state index contributed by atoms with van der Waals surface area (Å²) >= 11 is 0.